The molecule has 0 aliphatic carbocycles. The van der Waals surface area contributed by atoms with Crippen LogP contribution in [0.2, 0.25) is 25.7 Å². The molecule has 1 atom stereocenters. The zero-order chi connectivity index (χ0) is 29.4. The topological polar surface area (TPSA) is 124 Å². The minimum atomic E-state index is -1.31. The number of imidazole rings is 1. The van der Waals surface area contributed by atoms with Crippen molar-refractivity contribution in [1.82, 2.24) is 19.1 Å². The predicted octanol–water partition coefficient (Wildman–Crippen LogP) is 5.75. The van der Waals surface area contributed by atoms with Gasteiger partial charge in [0.2, 0.25) is 0 Å². The molecule has 0 saturated carbocycles. The molecule has 3 heterocycles. The van der Waals surface area contributed by atoms with E-state index in [1.165, 1.54) is 17.9 Å². The first-order chi connectivity index (χ1) is 18.7. The normalized spacial score (nSPS) is 13.0. The minimum absolute atomic E-state index is 0.127. The average molecular weight is 564 g/mol. The van der Waals surface area contributed by atoms with Gasteiger partial charge in [0, 0.05) is 38.0 Å². The number of aryl methyl sites for hydroxylation is 1. The fourth-order valence-electron chi connectivity index (χ4n) is 4.53. The Bertz CT molecular complexity index is 1600. The molecule has 212 valence electrons. The average Bonchev–Trinajstić information content (AvgIpc) is 3.46. The molecule has 10 nitrogen and oxygen atoms in total. The Labute approximate surface area is 235 Å². The van der Waals surface area contributed by atoms with Gasteiger partial charge in [-0.05, 0) is 57.5 Å². The Morgan fingerprint density at radius 2 is 1.98 bits per heavy atom. The lowest BCUT2D eigenvalue weighted by Crippen LogP contribution is -2.26. The van der Waals surface area contributed by atoms with Crippen molar-refractivity contribution in [3.8, 4) is 11.8 Å². The van der Waals surface area contributed by atoms with E-state index in [1.54, 1.807) is 29.0 Å². The van der Waals surface area contributed by atoms with E-state index in [0.29, 0.717) is 51.4 Å². The fraction of sp³-hybridized carbons (Fsp3) is 0.448. The number of aromatic nitrogens is 4. The molecule has 0 saturated heterocycles. The number of benzene rings is 1. The highest BCUT2D eigenvalue weighted by molar-refractivity contribution is 6.76. The van der Waals surface area contributed by atoms with Crippen LogP contribution in [0.1, 0.15) is 49.4 Å². The molecule has 1 unspecified atom stereocenters. The van der Waals surface area contributed by atoms with Gasteiger partial charge >= 0.3 is 6.09 Å². The van der Waals surface area contributed by atoms with Crippen molar-refractivity contribution >= 4 is 36.2 Å². The zero-order valence-corrected chi connectivity index (χ0v) is 25.4. The molecule has 1 aromatic carbocycles. The number of ether oxygens (including phenoxy) is 3. The summed E-state index contributed by atoms with van der Waals surface area (Å²) < 4.78 is 20.5. The van der Waals surface area contributed by atoms with Gasteiger partial charge in [0.05, 0.1) is 18.2 Å². The lowest BCUT2D eigenvalue weighted by Gasteiger charge is -2.21. The number of methoxy groups -OCH3 is 1. The van der Waals surface area contributed by atoms with E-state index in [0.717, 1.165) is 11.6 Å². The standard InChI is InChI=1S/C29H37N5O5Si/c1-18-13-22(37-5)23(20-9-10-33(24(18)20)28(36)39-29(2,3)4)25(35)27-32-21-14-19(15-30)16-31-26(21)34(27)17-38-11-12-40(6,7)8/h9-10,13-14,16,25,35H,11-12,17H2,1-8H3. The Hall–Kier alpha value is -3.72. The molecule has 0 aliphatic heterocycles. The third-order valence-electron chi connectivity index (χ3n) is 6.45. The molecule has 3 aromatic heterocycles. The Balaban J connectivity index is 1.85. The van der Waals surface area contributed by atoms with Crippen LogP contribution in [0.4, 0.5) is 4.79 Å². The number of nitrogens with zero attached hydrogens (tertiary/aromatic N) is 5. The van der Waals surface area contributed by atoms with E-state index in [4.69, 9.17) is 19.2 Å². The van der Waals surface area contributed by atoms with E-state index in [1.807, 2.05) is 27.7 Å². The summed E-state index contributed by atoms with van der Waals surface area (Å²) in [6, 6.07) is 8.25. The molecule has 11 heteroatoms. The van der Waals surface area contributed by atoms with E-state index in [9.17, 15) is 15.2 Å². The minimum Gasteiger partial charge on any atom is -0.496 e. The van der Waals surface area contributed by atoms with Crippen LogP contribution < -0.4 is 4.74 Å². The van der Waals surface area contributed by atoms with Gasteiger partial charge in [-0.25, -0.2) is 14.8 Å². The van der Waals surface area contributed by atoms with Crippen molar-refractivity contribution in [2.75, 3.05) is 13.7 Å². The molecule has 4 rings (SSSR count). The van der Waals surface area contributed by atoms with E-state index >= 15 is 0 Å². The molecule has 0 amide bonds. The van der Waals surface area contributed by atoms with Gasteiger partial charge in [-0.1, -0.05) is 19.6 Å². The number of hydrogen-bond donors (Lipinski definition) is 1. The van der Waals surface area contributed by atoms with Crippen molar-refractivity contribution in [2.24, 2.45) is 0 Å². The summed E-state index contributed by atoms with van der Waals surface area (Å²) in [4.78, 5) is 22.2. The van der Waals surface area contributed by atoms with Crippen LogP contribution >= 0.6 is 0 Å². The number of rotatable bonds is 8. The molecule has 0 aliphatic rings. The lowest BCUT2D eigenvalue weighted by atomic mass is 9.99. The molecular weight excluding hydrogens is 526 g/mol. The molecule has 1 N–H and O–H groups in total. The van der Waals surface area contributed by atoms with Crippen LogP contribution in [0.3, 0.4) is 0 Å². The van der Waals surface area contributed by atoms with Crippen LogP contribution in [0.5, 0.6) is 5.75 Å². The molecule has 0 spiro atoms. The summed E-state index contributed by atoms with van der Waals surface area (Å²) in [5.41, 5.74) is 2.48. The number of fused-ring (bicyclic) bond motifs is 2. The van der Waals surface area contributed by atoms with Gasteiger partial charge in [0.1, 0.15) is 41.6 Å². The lowest BCUT2D eigenvalue weighted by molar-refractivity contribution is 0.0544. The monoisotopic (exact) mass is 563 g/mol. The summed E-state index contributed by atoms with van der Waals surface area (Å²) in [5, 5.41) is 21.9. The SMILES string of the molecule is COc1cc(C)c2c(ccn2C(=O)OC(C)(C)C)c1C(O)c1nc2cc(C#N)cnc2n1COCC[Si](C)(C)C. The second-order valence-corrected chi connectivity index (χ2v) is 17.7. The van der Waals surface area contributed by atoms with Crippen LogP contribution in [-0.4, -0.2) is 57.7 Å². The number of nitriles is 1. The van der Waals surface area contributed by atoms with E-state index in [-0.39, 0.29) is 6.73 Å². The molecule has 0 radical (unpaired) electrons. The summed E-state index contributed by atoms with van der Waals surface area (Å²) in [7, 11) is 0.221. The van der Waals surface area contributed by atoms with Crippen LogP contribution in [0, 0.1) is 18.3 Å². The Morgan fingerprint density at radius 1 is 1.25 bits per heavy atom. The number of carbonyl (C=O) groups excluding carboxylic acids is 1. The number of aliphatic hydroxyl groups excluding tert-OH is 1. The van der Waals surface area contributed by atoms with Gasteiger partial charge in [0.25, 0.3) is 0 Å². The number of carbonyl (C=O) groups is 1. The first-order valence-corrected chi connectivity index (χ1v) is 16.9. The van der Waals surface area contributed by atoms with Crippen molar-refractivity contribution in [1.29, 1.82) is 5.26 Å². The van der Waals surface area contributed by atoms with Crippen LogP contribution in [0.15, 0.2) is 30.6 Å². The molecule has 0 bridgehead atoms. The molecule has 4 aromatic rings. The highest BCUT2D eigenvalue weighted by Gasteiger charge is 2.29. The summed E-state index contributed by atoms with van der Waals surface area (Å²) >= 11 is 0. The first-order valence-electron chi connectivity index (χ1n) is 13.2. The quantitative estimate of drug-likeness (QED) is 0.212. The maximum absolute atomic E-state index is 13.0. The smallest absolute Gasteiger partial charge is 0.419 e. The number of pyridine rings is 1. The van der Waals surface area contributed by atoms with Crippen molar-refractivity contribution < 1.29 is 24.1 Å². The predicted molar refractivity (Wildman–Crippen MR) is 155 cm³/mol. The van der Waals surface area contributed by atoms with E-state index < -0.39 is 25.9 Å². The van der Waals surface area contributed by atoms with Gasteiger partial charge in [0.15, 0.2) is 5.65 Å². The van der Waals surface area contributed by atoms with Crippen molar-refractivity contribution in [3.63, 3.8) is 0 Å². The number of aliphatic hydroxyl groups is 1. The number of hydrogen-bond acceptors (Lipinski definition) is 8. The van der Waals surface area contributed by atoms with E-state index in [2.05, 4.69) is 30.7 Å². The van der Waals surface area contributed by atoms with Gasteiger partial charge in [-0.3, -0.25) is 9.13 Å². The molecule has 40 heavy (non-hydrogen) atoms. The second-order valence-electron chi connectivity index (χ2n) is 12.1. The van der Waals surface area contributed by atoms with Crippen molar-refractivity contribution in [2.45, 2.75) is 71.8 Å². The molecule has 0 fully saturated rings. The summed E-state index contributed by atoms with van der Waals surface area (Å²) in [6.07, 6.45) is 1.33. The zero-order valence-electron chi connectivity index (χ0n) is 24.4. The molecular formula is C29H37N5O5Si. The summed E-state index contributed by atoms with van der Waals surface area (Å²) in [5.74, 6) is 0.738. The summed E-state index contributed by atoms with van der Waals surface area (Å²) in [6.45, 7) is 14.8. The largest absolute Gasteiger partial charge is 0.496 e. The third-order valence-corrected chi connectivity index (χ3v) is 8.16. The first kappa shape index (κ1) is 29.3. The fourth-order valence-corrected chi connectivity index (χ4v) is 5.29. The van der Waals surface area contributed by atoms with Gasteiger partial charge < -0.3 is 19.3 Å². The maximum Gasteiger partial charge on any atom is 0.419 e. The van der Waals surface area contributed by atoms with Crippen LogP contribution in [-0.2, 0) is 16.2 Å². The Kier molecular flexibility index (Phi) is 8.08. The third kappa shape index (κ3) is 6.04. The Morgan fingerprint density at radius 3 is 2.60 bits per heavy atom. The van der Waals surface area contributed by atoms with Crippen molar-refractivity contribution in [3.05, 3.63) is 53.1 Å². The van der Waals surface area contributed by atoms with Crippen LogP contribution in [0.25, 0.3) is 22.1 Å². The highest BCUT2D eigenvalue weighted by Crippen LogP contribution is 2.39. The highest BCUT2D eigenvalue weighted by atomic mass is 28.3. The van der Waals surface area contributed by atoms with Gasteiger partial charge in [-0.15, -0.1) is 0 Å². The maximum atomic E-state index is 13.0. The second kappa shape index (κ2) is 11.0. The van der Waals surface area contributed by atoms with Gasteiger partial charge in [-0.2, -0.15) is 5.26 Å².